The van der Waals surface area contributed by atoms with Crippen LogP contribution in [0.4, 0.5) is 4.39 Å². The van der Waals surface area contributed by atoms with Gasteiger partial charge in [-0.15, -0.1) is 0 Å². The highest BCUT2D eigenvalue weighted by atomic mass is 19.1. The van der Waals surface area contributed by atoms with E-state index < -0.39 is 5.60 Å². The van der Waals surface area contributed by atoms with Crippen LogP contribution in [-0.4, -0.2) is 46.0 Å². The average molecular weight is 368 g/mol. The van der Waals surface area contributed by atoms with E-state index in [0.29, 0.717) is 26.1 Å². The maximum absolute atomic E-state index is 13.1. The molecule has 27 heavy (non-hydrogen) atoms. The highest BCUT2D eigenvalue weighted by molar-refractivity contribution is 5.86. The van der Waals surface area contributed by atoms with Crippen molar-refractivity contribution in [3.63, 3.8) is 0 Å². The molecule has 2 aliphatic rings. The molecule has 0 aromatic heterocycles. The van der Waals surface area contributed by atoms with Crippen LogP contribution in [0.1, 0.15) is 29.5 Å². The number of carbonyl (C=O) groups excluding carboxylic acids is 1. The Hall–Kier alpha value is -2.24. The van der Waals surface area contributed by atoms with Crippen molar-refractivity contribution >= 4 is 5.91 Å². The zero-order chi connectivity index (χ0) is 18.9. The maximum atomic E-state index is 13.1. The van der Waals surface area contributed by atoms with Crippen molar-refractivity contribution in [3.05, 3.63) is 71.0 Å². The molecular weight excluding hydrogens is 343 g/mol. The zero-order valence-electron chi connectivity index (χ0n) is 15.4. The first-order valence-corrected chi connectivity index (χ1v) is 9.59. The molecule has 1 atom stereocenters. The summed E-state index contributed by atoms with van der Waals surface area (Å²) in [5, 5.41) is 11.1. The second kappa shape index (κ2) is 7.41. The lowest BCUT2D eigenvalue weighted by atomic mass is 9.89. The molecule has 1 saturated heterocycles. The van der Waals surface area contributed by atoms with E-state index in [1.807, 2.05) is 6.07 Å². The molecule has 1 unspecified atom stereocenters. The van der Waals surface area contributed by atoms with Crippen LogP contribution >= 0.6 is 0 Å². The number of nitrogens with zero attached hydrogens (tertiary/aromatic N) is 2. The fourth-order valence-corrected chi connectivity index (χ4v) is 4.23. The van der Waals surface area contributed by atoms with Gasteiger partial charge >= 0.3 is 0 Å². The average Bonchev–Trinajstić information content (AvgIpc) is 2.67. The van der Waals surface area contributed by atoms with Crippen LogP contribution < -0.4 is 0 Å². The van der Waals surface area contributed by atoms with Gasteiger partial charge in [0.15, 0.2) is 5.60 Å². The topological polar surface area (TPSA) is 43.8 Å². The number of rotatable bonds is 4. The van der Waals surface area contributed by atoms with E-state index in [-0.39, 0.29) is 11.7 Å². The Morgan fingerprint density at radius 2 is 1.78 bits per heavy atom. The molecule has 1 fully saturated rings. The molecule has 2 aromatic rings. The Balaban J connectivity index is 1.44. The SMILES string of the molecule is O=C1N(Cc2ccc(F)cc2)CCCC1(O)CN1CCc2ccccc2C1. The van der Waals surface area contributed by atoms with Gasteiger partial charge in [0.25, 0.3) is 5.91 Å². The standard InChI is InChI=1S/C22H25FN2O2/c23-20-8-6-17(7-9-20)14-25-12-3-11-22(27,21(25)26)16-24-13-10-18-4-1-2-5-19(18)15-24/h1-2,4-9,27H,3,10-16H2. The minimum atomic E-state index is -1.34. The minimum Gasteiger partial charge on any atom is -0.379 e. The van der Waals surface area contributed by atoms with Crippen molar-refractivity contribution in [2.45, 2.75) is 38.0 Å². The third-order valence-corrected chi connectivity index (χ3v) is 5.69. The lowest BCUT2D eigenvalue weighted by Gasteiger charge is -2.42. The number of benzene rings is 2. The van der Waals surface area contributed by atoms with Crippen molar-refractivity contribution in [3.8, 4) is 0 Å². The minimum absolute atomic E-state index is 0.211. The first-order valence-electron chi connectivity index (χ1n) is 9.59. The summed E-state index contributed by atoms with van der Waals surface area (Å²) in [6, 6.07) is 14.6. The Bertz CT molecular complexity index is 823. The van der Waals surface area contributed by atoms with Gasteiger partial charge in [0, 0.05) is 32.7 Å². The zero-order valence-corrected chi connectivity index (χ0v) is 15.4. The molecule has 142 valence electrons. The summed E-state index contributed by atoms with van der Waals surface area (Å²) >= 11 is 0. The number of likely N-dealkylation sites (tertiary alicyclic amines) is 1. The normalized spacial score (nSPS) is 23.3. The summed E-state index contributed by atoms with van der Waals surface area (Å²) < 4.78 is 13.1. The molecule has 0 bridgehead atoms. The molecule has 2 aliphatic heterocycles. The lowest BCUT2D eigenvalue weighted by Crippen LogP contribution is -2.58. The quantitative estimate of drug-likeness (QED) is 0.903. The van der Waals surface area contributed by atoms with E-state index in [1.165, 1.54) is 23.3 Å². The molecule has 0 saturated carbocycles. The second-order valence-electron chi connectivity index (χ2n) is 7.72. The van der Waals surface area contributed by atoms with Crippen LogP contribution in [0.25, 0.3) is 0 Å². The van der Waals surface area contributed by atoms with Gasteiger partial charge in [0.2, 0.25) is 0 Å². The van der Waals surface area contributed by atoms with Gasteiger partial charge in [-0.25, -0.2) is 4.39 Å². The van der Waals surface area contributed by atoms with Crippen LogP contribution in [0.5, 0.6) is 0 Å². The van der Waals surface area contributed by atoms with E-state index in [2.05, 4.69) is 23.1 Å². The van der Waals surface area contributed by atoms with Crippen molar-refractivity contribution in [2.24, 2.45) is 0 Å². The largest absolute Gasteiger partial charge is 0.379 e. The fourth-order valence-electron chi connectivity index (χ4n) is 4.23. The molecule has 2 aromatic carbocycles. The molecule has 5 heteroatoms. The van der Waals surface area contributed by atoms with Crippen molar-refractivity contribution in [1.29, 1.82) is 0 Å². The predicted molar refractivity (Wildman–Crippen MR) is 101 cm³/mol. The number of aliphatic hydroxyl groups is 1. The highest BCUT2D eigenvalue weighted by Crippen LogP contribution is 2.28. The Morgan fingerprint density at radius 3 is 2.56 bits per heavy atom. The maximum Gasteiger partial charge on any atom is 0.256 e. The van der Waals surface area contributed by atoms with E-state index in [1.54, 1.807) is 17.0 Å². The predicted octanol–water partition coefficient (Wildman–Crippen LogP) is 2.74. The summed E-state index contributed by atoms with van der Waals surface area (Å²) in [6.07, 6.45) is 2.21. The Labute approximate surface area is 159 Å². The van der Waals surface area contributed by atoms with Crippen LogP contribution in [0.2, 0.25) is 0 Å². The Kier molecular flexibility index (Phi) is 4.98. The number of amides is 1. The number of hydrogen-bond acceptors (Lipinski definition) is 3. The molecular formula is C22H25FN2O2. The first kappa shape index (κ1) is 18.1. The molecule has 0 radical (unpaired) electrons. The summed E-state index contributed by atoms with van der Waals surface area (Å²) in [5.74, 6) is -0.498. The molecule has 0 aliphatic carbocycles. The third kappa shape index (κ3) is 3.89. The Morgan fingerprint density at radius 1 is 1.04 bits per heavy atom. The summed E-state index contributed by atoms with van der Waals surface area (Å²) in [4.78, 5) is 16.9. The molecule has 0 spiro atoms. The van der Waals surface area contributed by atoms with Gasteiger partial charge in [-0.1, -0.05) is 36.4 Å². The van der Waals surface area contributed by atoms with Crippen molar-refractivity contribution in [1.82, 2.24) is 9.80 Å². The molecule has 4 nitrogen and oxygen atoms in total. The van der Waals surface area contributed by atoms with Crippen LogP contribution in [-0.2, 0) is 24.3 Å². The van der Waals surface area contributed by atoms with Gasteiger partial charge < -0.3 is 10.0 Å². The van der Waals surface area contributed by atoms with Gasteiger partial charge in [-0.2, -0.15) is 0 Å². The van der Waals surface area contributed by atoms with Gasteiger partial charge in [-0.05, 0) is 48.1 Å². The fraction of sp³-hybridized carbons (Fsp3) is 0.409. The number of hydrogen-bond donors (Lipinski definition) is 1. The molecule has 2 heterocycles. The van der Waals surface area contributed by atoms with Crippen LogP contribution in [0.15, 0.2) is 48.5 Å². The van der Waals surface area contributed by atoms with Gasteiger partial charge in [0.05, 0.1) is 0 Å². The number of piperidine rings is 1. The summed E-state index contributed by atoms with van der Waals surface area (Å²) in [5.41, 5.74) is 2.17. The van der Waals surface area contributed by atoms with E-state index in [4.69, 9.17) is 0 Å². The summed E-state index contributed by atoms with van der Waals surface area (Å²) in [7, 11) is 0. The number of halogens is 1. The number of fused-ring (bicyclic) bond motifs is 1. The molecule has 1 amide bonds. The third-order valence-electron chi connectivity index (χ3n) is 5.69. The second-order valence-corrected chi connectivity index (χ2v) is 7.72. The first-order chi connectivity index (χ1) is 13.0. The smallest absolute Gasteiger partial charge is 0.256 e. The summed E-state index contributed by atoms with van der Waals surface area (Å²) in [6.45, 7) is 3.01. The number of β-amino-alcohol motifs (C(OH)–C–C–N with tert-alkyl or cyclic N) is 1. The van der Waals surface area contributed by atoms with Crippen molar-refractivity contribution < 1.29 is 14.3 Å². The van der Waals surface area contributed by atoms with E-state index in [9.17, 15) is 14.3 Å². The molecule has 4 rings (SSSR count). The van der Waals surface area contributed by atoms with E-state index >= 15 is 0 Å². The van der Waals surface area contributed by atoms with Crippen LogP contribution in [0, 0.1) is 5.82 Å². The van der Waals surface area contributed by atoms with E-state index in [0.717, 1.165) is 31.5 Å². The van der Waals surface area contributed by atoms with Gasteiger partial charge in [-0.3, -0.25) is 9.69 Å². The molecule has 1 N–H and O–H groups in total. The van der Waals surface area contributed by atoms with Crippen LogP contribution in [0.3, 0.4) is 0 Å². The van der Waals surface area contributed by atoms with Crippen molar-refractivity contribution in [2.75, 3.05) is 19.6 Å². The van der Waals surface area contributed by atoms with Gasteiger partial charge in [0.1, 0.15) is 5.82 Å². The highest BCUT2D eigenvalue weighted by Gasteiger charge is 2.43. The number of carbonyl (C=O) groups is 1. The lowest BCUT2D eigenvalue weighted by molar-refractivity contribution is -0.160. The monoisotopic (exact) mass is 368 g/mol.